The molecule has 1 fully saturated rings. The fourth-order valence-corrected chi connectivity index (χ4v) is 4.49. The lowest BCUT2D eigenvalue weighted by molar-refractivity contribution is -0.147. The Morgan fingerprint density at radius 1 is 1.03 bits per heavy atom. The van der Waals surface area contributed by atoms with Crippen LogP contribution in [0, 0.1) is 0 Å². The lowest BCUT2D eigenvalue weighted by atomic mass is 10.1. The molecule has 0 spiro atoms. The van der Waals surface area contributed by atoms with Crippen molar-refractivity contribution in [3.8, 4) is 5.75 Å². The van der Waals surface area contributed by atoms with E-state index in [2.05, 4.69) is 4.72 Å². The standard InChI is InChI=1S/C22H28N2O5S/c1-28-22(25)21(24-14-6-3-7-15-24)16-23-30(26,27)20-12-10-19(11-13-20)29-17-18-8-4-2-5-9-18/h2,4-5,8-13,21,23H,3,6-7,14-17H2,1H3/t21-/m0/s1. The minimum Gasteiger partial charge on any atom is -0.489 e. The van der Waals surface area contributed by atoms with E-state index in [9.17, 15) is 13.2 Å². The molecule has 3 rings (SSSR count). The molecular formula is C22H28N2O5S. The van der Waals surface area contributed by atoms with Gasteiger partial charge >= 0.3 is 5.97 Å². The van der Waals surface area contributed by atoms with Gasteiger partial charge in [0, 0.05) is 6.54 Å². The molecule has 8 heteroatoms. The van der Waals surface area contributed by atoms with Crippen molar-refractivity contribution in [1.29, 1.82) is 0 Å². The van der Waals surface area contributed by atoms with E-state index in [0.717, 1.165) is 37.9 Å². The third kappa shape index (κ3) is 6.04. The third-order valence-corrected chi connectivity index (χ3v) is 6.59. The quantitative estimate of drug-likeness (QED) is 0.613. The number of carbonyl (C=O) groups is 1. The first kappa shape index (κ1) is 22.3. The Kier molecular flexibility index (Phi) is 7.84. The minimum atomic E-state index is -3.76. The van der Waals surface area contributed by atoms with Crippen molar-refractivity contribution < 1.29 is 22.7 Å². The average Bonchev–Trinajstić information content (AvgIpc) is 2.79. The number of nitrogens with zero attached hydrogens (tertiary/aromatic N) is 1. The number of benzene rings is 2. The first-order valence-corrected chi connectivity index (χ1v) is 11.6. The molecule has 1 saturated heterocycles. The van der Waals surface area contributed by atoms with Gasteiger partial charge < -0.3 is 9.47 Å². The van der Waals surface area contributed by atoms with Crippen molar-refractivity contribution >= 4 is 16.0 Å². The highest BCUT2D eigenvalue weighted by Gasteiger charge is 2.29. The molecule has 2 aromatic carbocycles. The van der Waals surface area contributed by atoms with Gasteiger partial charge in [0.1, 0.15) is 18.4 Å². The molecule has 1 aliphatic rings. The summed E-state index contributed by atoms with van der Waals surface area (Å²) in [6, 6.07) is 15.3. The second-order valence-corrected chi connectivity index (χ2v) is 9.00. The molecule has 0 radical (unpaired) electrons. The summed E-state index contributed by atoms with van der Waals surface area (Å²) in [5.74, 6) is 0.155. The van der Waals surface area contributed by atoms with E-state index in [4.69, 9.17) is 9.47 Å². The number of esters is 1. The number of nitrogens with one attached hydrogen (secondary N) is 1. The van der Waals surface area contributed by atoms with E-state index in [-0.39, 0.29) is 11.4 Å². The highest BCUT2D eigenvalue weighted by Crippen LogP contribution is 2.18. The zero-order chi connectivity index (χ0) is 21.4. The lowest BCUT2D eigenvalue weighted by Crippen LogP contribution is -2.50. The van der Waals surface area contributed by atoms with Crippen LogP contribution in [-0.4, -0.2) is 52.1 Å². The summed E-state index contributed by atoms with van der Waals surface area (Å²) < 4.78 is 38.5. The summed E-state index contributed by atoms with van der Waals surface area (Å²) in [7, 11) is -2.44. The molecule has 0 saturated carbocycles. The van der Waals surface area contributed by atoms with Crippen molar-refractivity contribution in [2.75, 3.05) is 26.7 Å². The fraction of sp³-hybridized carbons (Fsp3) is 0.409. The summed E-state index contributed by atoms with van der Waals surface area (Å²) in [5, 5.41) is 0. The van der Waals surface area contributed by atoms with E-state index in [1.165, 1.54) is 19.2 Å². The van der Waals surface area contributed by atoms with E-state index in [1.54, 1.807) is 12.1 Å². The summed E-state index contributed by atoms with van der Waals surface area (Å²) >= 11 is 0. The van der Waals surface area contributed by atoms with Crippen LogP contribution in [0.4, 0.5) is 0 Å². The highest BCUT2D eigenvalue weighted by atomic mass is 32.2. The van der Waals surface area contributed by atoms with Crippen LogP contribution in [0.3, 0.4) is 0 Å². The van der Waals surface area contributed by atoms with Gasteiger partial charge in [0.05, 0.1) is 12.0 Å². The van der Waals surface area contributed by atoms with Crippen molar-refractivity contribution in [1.82, 2.24) is 9.62 Å². The molecule has 0 amide bonds. The van der Waals surface area contributed by atoms with Crippen LogP contribution < -0.4 is 9.46 Å². The average molecular weight is 433 g/mol. The Balaban J connectivity index is 1.60. The molecule has 0 aliphatic carbocycles. The van der Waals surface area contributed by atoms with Gasteiger partial charge in [-0.2, -0.15) is 0 Å². The fourth-order valence-electron chi connectivity index (χ4n) is 3.46. The normalized spacial score (nSPS) is 16.0. The van der Waals surface area contributed by atoms with Gasteiger partial charge in [0.15, 0.2) is 0 Å². The number of piperidine rings is 1. The molecule has 1 aliphatic heterocycles. The van der Waals surface area contributed by atoms with Gasteiger partial charge in [-0.15, -0.1) is 0 Å². The number of carbonyl (C=O) groups excluding carboxylic acids is 1. The smallest absolute Gasteiger partial charge is 0.324 e. The molecule has 2 aromatic rings. The maximum Gasteiger partial charge on any atom is 0.324 e. The molecule has 0 aromatic heterocycles. The number of hydrogen-bond acceptors (Lipinski definition) is 6. The zero-order valence-electron chi connectivity index (χ0n) is 17.1. The summed E-state index contributed by atoms with van der Waals surface area (Å²) in [6.45, 7) is 1.90. The van der Waals surface area contributed by atoms with Crippen LogP contribution in [0.15, 0.2) is 59.5 Å². The van der Waals surface area contributed by atoms with Crippen molar-refractivity contribution in [2.24, 2.45) is 0 Å². The Morgan fingerprint density at radius 3 is 2.33 bits per heavy atom. The Morgan fingerprint density at radius 2 is 1.70 bits per heavy atom. The second-order valence-electron chi connectivity index (χ2n) is 7.23. The molecule has 1 N–H and O–H groups in total. The summed E-state index contributed by atoms with van der Waals surface area (Å²) in [4.78, 5) is 14.3. The summed E-state index contributed by atoms with van der Waals surface area (Å²) in [5.41, 5.74) is 1.03. The lowest BCUT2D eigenvalue weighted by Gasteiger charge is -2.32. The third-order valence-electron chi connectivity index (χ3n) is 5.15. The molecule has 1 atom stereocenters. The number of sulfonamides is 1. The minimum absolute atomic E-state index is 0.0265. The van der Waals surface area contributed by atoms with Gasteiger partial charge in [0.2, 0.25) is 10.0 Å². The van der Waals surface area contributed by atoms with Crippen molar-refractivity contribution in [3.05, 3.63) is 60.2 Å². The number of rotatable bonds is 9. The zero-order valence-corrected chi connectivity index (χ0v) is 17.9. The van der Waals surface area contributed by atoms with Gasteiger partial charge in [0.25, 0.3) is 0 Å². The van der Waals surface area contributed by atoms with Crippen LogP contribution in [-0.2, 0) is 26.2 Å². The number of methoxy groups -OCH3 is 1. The van der Waals surface area contributed by atoms with Crippen LogP contribution in [0.25, 0.3) is 0 Å². The van der Waals surface area contributed by atoms with Crippen LogP contribution >= 0.6 is 0 Å². The van der Waals surface area contributed by atoms with E-state index in [0.29, 0.717) is 12.4 Å². The Bertz CT molecular complexity index is 910. The first-order chi connectivity index (χ1) is 14.5. The Hall–Kier alpha value is -2.42. The molecular weight excluding hydrogens is 404 g/mol. The predicted octanol–water partition coefficient (Wildman–Crippen LogP) is 2.57. The maximum absolute atomic E-state index is 12.7. The first-order valence-electron chi connectivity index (χ1n) is 10.1. The van der Waals surface area contributed by atoms with E-state index < -0.39 is 22.0 Å². The van der Waals surface area contributed by atoms with Gasteiger partial charge in [-0.3, -0.25) is 9.69 Å². The van der Waals surface area contributed by atoms with E-state index in [1.807, 2.05) is 35.2 Å². The van der Waals surface area contributed by atoms with Gasteiger partial charge in [-0.1, -0.05) is 36.8 Å². The topological polar surface area (TPSA) is 84.9 Å². The van der Waals surface area contributed by atoms with Gasteiger partial charge in [-0.25, -0.2) is 13.1 Å². The SMILES string of the molecule is COC(=O)[C@H](CNS(=O)(=O)c1ccc(OCc2ccccc2)cc1)N1CCCCC1. The van der Waals surface area contributed by atoms with Gasteiger partial charge in [-0.05, 0) is 55.8 Å². The maximum atomic E-state index is 12.7. The molecule has 7 nitrogen and oxygen atoms in total. The number of likely N-dealkylation sites (tertiary alicyclic amines) is 1. The van der Waals surface area contributed by atoms with Crippen molar-refractivity contribution in [3.63, 3.8) is 0 Å². The predicted molar refractivity (Wildman–Crippen MR) is 114 cm³/mol. The molecule has 162 valence electrons. The molecule has 1 heterocycles. The van der Waals surface area contributed by atoms with E-state index >= 15 is 0 Å². The van der Waals surface area contributed by atoms with Crippen LogP contribution in [0.1, 0.15) is 24.8 Å². The largest absolute Gasteiger partial charge is 0.489 e. The molecule has 0 unspecified atom stereocenters. The monoisotopic (exact) mass is 432 g/mol. The summed E-state index contributed by atoms with van der Waals surface area (Å²) in [6.07, 6.45) is 3.10. The Labute approximate surface area is 178 Å². The second kappa shape index (κ2) is 10.6. The molecule has 0 bridgehead atoms. The molecule has 30 heavy (non-hydrogen) atoms. The van der Waals surface area contributed by atoms with Crippen molar-refractivity contribution in [2.45, 2.75) is 36.8 Å². The van der Waals surface area contributed by atoms with Crippen LogP contribution in [0.2, 0.25) is 0 Å². The number of hydrogen-bond donors (Lipinski definition) is 1. The van der Waals surface area contributed by atoms with Crippen LogP contribution in [0.5, 0.6) is 5.75 Å². The number of ether oxygens (including phenoxy) is 2. The highest BCUT2D eigenvalue weighted by molar-refractivity contribution is 7.89.